The van der Waals surface area contributed by atoms with E-state index in [2.05, 4.69) is 6.58 Å². The highest BCUT2D eigenvalue weighted by Crippen LogP contribution is 2.46. The molecule has 106 valence electrons. The summed E-state index contributed by atoms with van der Waals surface area (Å²) in [6.07, 6.45) is 1.84. The Morgan fingerprint density at radius 2 is 2.40 bits per heavy atom. The average Bonchev–Trinajstić information content (AvgIpc) is 2.76. The molecule has 0 fully saturated rings. The van der Waals surface area contributed by atoms with Gasteiger partial charge < -0.3 is 4.74 Å². The van der Waals surface area contributed by atoms with Crippen LogP contribution in [0.3, 0.4) is 0 Å². The minimum Gasteiger partial charge on any atom is -0.449 e. The number of benzene rings is 1. The van der Waals surface area contributed by atoms with Gasteiger partial charge in [0.1, 0.15) is 0 Å². The normalized spacial score (nSPS) is 16.6. The van der Waals surface area contributed by atoms with Crippen molar-refractivity contribution in [3.63, 3.8) is 0 Å². The zero-order chi connectivity index (χ0) is 14.7. The van der Waals surface area contributed by atoms with E-state index in [-0.39, 0.29) is 17.7 Å². The molecule has 0 saturated heterocycles. The molecule has 1 amide bonds. The fourth-order valence-corrected chi connectivity index (χ4v) is 3.28. The molecule has 1 atom stereocenters. The molecule has 0 saturated carbocycles. The molecule has 0 N–H and O–H groups in total. The first-order chi connectivity index (χ1) is 9.58. The van der Waals surface area contributed by atoms with Gasteiger partial charge in [-0.1, -0.05) is 17.8 Å². The molecule has 7 heteroatoms. The predicted molar refractivity (Wildman–Crippen MR) is 77.1 cm³/mol. The highest BCUT2D eigenvalue weighted by atomic mass is 32.2. The van der Waals surface area contributed by atoms with Gasteiger partial charge in [0, 0.05) is 17.0 Å². The standard InChI is InChI=1S/C13H14N2O4S/c1-3-5-12-14(13(16)19-4-2)10-7-6-9(15(17)18)8-11(10)20-12/h3,6-8,12H,1,4-5H2,2H3. The van der Waals surface area contributed by atoms with Crippen LogP contribution in [0.4, 0.5) is 16.2 Å². The molecule has 20 heavy (non-hydrogen) atoms. The number of non-ortho nitro benzene ring substituents is 1. The Labute approximate surface area is 120 Å². The van der Waals surface area contributed by atoms with Crippen LogP contribution in [-0.2, 0) is 4.74 Å². The number of nitrogens with zero attached hydrogens (tertiary/aromatic N) is 2. The molecule has 0 radical (unpaired) electrons. The lowest BCUT2D eigenvalue weighted by Crippen LogP contribution is -2.35. The largest absolute Gasteiger partial charge is 0.449 e. The predicted octanol–water partition coefficient (Wildman–Crippen LogP) is 3.57. The molecule has 1 aromatic carbocycles. The Balaban J connectivity index is 2.37. The Morgan fingerprint density at radius 3 is 3.00 bits per heavy atom. The van der Waals surface area contributed by atoms with E-state index >= 15 is 0 Å². The van der Waals surface area contributed by atoms with Gasteiger partial charge in [-0.3, -0.25) is 15.0 Å². The van der Waals surface area contributed by atoms with Crippen molar-refractivity contribution in [1.29, 1.82) is 0 Å². The van der Waals surface area contributed by atoms with Crippen molar-refractivity contribution >= 4 is 29.2 Å². The molecule has 2 rings (SSSR count). The molecule has 1 heterocycles. The van der Waals surface area contributed by atoms with E-state index in [1.54, 1.807) is 19.1 Å². The average molecular weight is 294 g/mol. The third kappa shape index (κ3) is 2.62. The number of rotatable bonds is 4. The number of fused-ring (bicyclic) bond motifs is 1. The van der Waals surface area contributed by atoms with Gasteiger partial charge in [-0.05, 0) is 19.4 Å². The van der Waals surface area contributed by atoms with E-state index in [9.17, 15) is 14.9 Å². The zero-order valence-electron chi connectivity index (χ0n) is 10.9. The number of nitro benzene ring substituents is 1. The van der Waals surface area contributed by atoms with E-state index < -0.39 is 11.0 Å². The second-order valence-electron chi connectivity index (χ2n) is 4.07. The maximum atomic E-state index is 12.0. The van der Waals surface area contributed by atoms with E-state index in [0.717, 1.165) is 0 Å². The SMILES string of the molecule is C=CCC1Sc2cc([N+](=O)[O-])ccc2N1C(=O)OCC. The number of thioether (sulfide) groups is 1. The topological polar surface area (TPSA) is 72.7 Å². The lowest BCUT2D eigenvalue weighted by Gasteiger charge is -2.22. The van der Waals surface area contributed by atoms with Crippen LogP contribution in [0.1, 0.15) is 13.3 Å². The number of hydrogen-bond donors (Lipinski definition) is 0. The molecule has 0 aliphatic carbocycles. The lowest BCUT2D eigenvalue weighted by atomic mass is 10.2. The summed E-state index contributed by atoms with van der Waals surface area (Å²) in [5.74, 6) is 0. The highest BCUT2D eigenvalue weighted by Gasteiger charge is 2.35. The molecule has 1 aliphatic heterocycles. The fraction of sp³-hybridized carbons (Fsp3) is 0.308. The quantitative estimate of drug-likeness (QED) is 0.482. The summed E-state index contributed by atoms with van der Waals surface area (Å²) in [6, 6.07) is 4.46. The minimum atomic E-state index is -0.448. The van der Waals surface area contributed by atoms with E-state index in [0.29, 0.717) is 17.0 Å². The van der Waals surface area contributed by atoms with Crippen molar-refractivity contribution in [1.82, 2.24) is 0 Å². The Bertz CT molecular complexity index is 561. The Hall–Kier alpha value is -2.02. The van der Waals surface area contributed by atoms with Crippen LogP contribution in [0.5, 0.6) is 0 Å². The number of carbonyl (C=O) groups is 1. The number of carbonyl (C=O) groups excluding carboxylic acids is 1. The van der Waals surface area contributed by atoms with Crippen molar-refractivity contribution < 1.29 is 14.5 Å². The van der Waals surface area contributed by atoms with Crippen LogP contribution < -0.4 is 4.90 Å². The van der Waals surface area contributed by atoms with Gasteiger partial charge >= 0.3 is 6.09 Å². The van der Waals surface area contributed by atoms with Gasteiger partial charge in [-0.15, -0.1) is 6.58 Å². The van der Waals surface area contributed by atoms with E-state index in [4.69, 9.17) is 4.74 Å². The van der Waals surface area contributed by atoms with Crippen molar-refractivity contribution in [2.75, 3.05) is 11.5 Å². The summed E-state index contributed by atoms with van der Waals surface area (Å²) in [6.45, 7) is 5.69. The van der Waals surface area contributed by atoms with Gasteiger partial charge in [0.25, 0.3) is 5.69 Å². The van der Waals surface area contributed by atoms with Crippen molar-refractivity contribution in [3.05, 3.63) is 41.0 Å². The fourth-order valence-electron chi connectivity index (χ4n) is 1.97. The van der Waals surface area contributed by atoms with Crippen LogP contribution in [0, 0.1) is 10.1 Å². The summed E-state index contributed by atoms with van der Waals surface area (Å²) in [5.41, 5.74) is 0.658. The van der Waals surface area contributed by atoms with Crippen molar-refractivity contribution in [2.45, 2.75) is 23.6 Å². The number of nitro groups is 1. The monoisotopic (exact) mass is 294 g/mol. The number of anilines is 1. The van der Waals surface area contributed by atoms with Crippen LogP contribution in [0.15, 0.2) is 35.7 Å². The summed E-state index contributed by atoms with van der Waals surface area (Å²) < 4.78 is 5.04. The Kier molecular flexibility index (Phi) is 4.29. The van der Waals surface area contributed by atoms with Gasteiger partial charge in [-0.25, -0.2) is 4.79 Å². The van der Waals surface area contributed by atoms with Crippen LogP contribution in [0.25, 0.3) is 0 Å². The summed E-state index contributed by atoms with van der Waals surface area (Å²) in [7, 11) is 0. The van der Waals surface area contributed by atoms with E-state index in [1.807, 2.05) is 0 Å². The second kappa shape index (κ2) is 5.96. The molecule has 1 unspecified atom stereocenters. The first-order valence-electron chi connectivity index (χ1n) is 6.10. The van der Waals surface area contributed by atoms with E-state index in [1.165, 1.54) is 28.8 Å². The van der Waals surface area contributed by atoms with Gasteiger partial charge in [0.2, 0.25) is 0 Å². The van der Waals surface area contributed by atoms with Gasteiger partial charge in [-0.2, -0.15) is 0 Å². The first-order valence-corrected chi connectivity index (χ1v) is 6.98. The number of amides is 1. The third-order valence-electron chi connectivity index (χ3n) is 2.80. The molecule has 0 bridgehead atoms. The Morgan fingerprint density at radius 1 is 1.65 bits per heavy atom. The minimum absolute atomic E-state index is 0.0133. The maximum Gasteiger partial charge on any atom is 0.415 e. The molecule has 1 aliphatic rings. The van der Waals surface area contributed by atoms with Gasteiger partial charge in [0.15, 0.2) is 0 Å². The zero-order valence-corrected chi connectivity index (χ0v) is 11.8. The number of ether oxygens (including phenoxy) is 1. The van der Waals surface area contributed by atoms with Crippen LogP contribution in [-0.4, -0.2) is 23.0 Å². The smallest absolute Gasteiger partial charge is 0.415 e. The van der Waals surface area contributed by atoms with Crippen molar-refractivity contribution in [2.24, 2.45) is 0 Å². The summed E-state index contributed by atoms with van der Waals surface area (Å²) >= 11 is 1.40. The third-order valence-corrected chi connectivity index (χ3v) is 4.05. The molecular formula is C13H14N2O4S. The van der Waals surface area contributed by atoms with Crippen LogP contribution >= 0.6 is 11.8 Å². The second-order valence-corrected chi connectivity index (χ2v) is 5.29. The molecule has 0 spiro atoms. The molecule has 1 aromatic rings. The van der Waals surface area contributed by atoms with Crippen LogP contribution in [0.2, 0.25) is 0 Å². The highest BCUT2D eigenvalue weighted by molar-refractivity contribution is 8.00. The first kappa shape index (κ1) is 14.4. The van der Waals surface area contributed by atoms with Crippen molar-refractivity contribution in [3.8, 4) is 0 Å². The number of hydrogen-bond acceptors (Lipinski definition) is 5. The lowest BCUT2D eigenvalue weighted by molar-refractivity contribution is -0.385. The summed E-state index contributed by atoms with van der Waals surface area (Å²) in [5, 5.41) is 10.6. The summed E-state index contributed by atoms with van der Waals surface area (Å²) in [4.78, 5) is 24.6. The molecular weight excluding hydrogens is 280 g/mol. The molecule has 0 aromatic heterocycles. The van der Waals surface area contributed by atoms with Gasteiger partial charge in [0.05, 0.1) is 22.6 Å². The molecule has 6 nitrogen and oxygen atoms in total. The maximum absolute atomic E-state index is 12.0.